The van der Waals surface area contributed by atoms with Crippen LogP contribution >= 0.6 is 22.9 Å². The van der Waals surface area contributed by atoms with Crippen molar-refractivity contribution in [3.8, 4) is 0 Å². The number of carbonyl (C=O) groups is 3. The van der Waals surface area contributed by atoms with E-state index < -0.39 is 11.9 Å². The number of halogens is 1. The van der Waals surface area contributed by atoms with Crippen LogP contribution in [0.2, 0.25) is 5.02 Å². The lowest BCUT2D eigenvalue weighted by atomic mass is 10.1. The van der Waals surface area contributed by atoms with Crippen molar-refractivity contribution in [3.63, 3.8) is 0 Å². The summed E-state index contributed by atoms with van der Waals surface area (Å²) >= 11 is 7.25. The number of carbonyl (C=O) groups excluding carboxylic acids is 3. The van der Waals surface area contributed by atoms with E-state index in [0.717, 1.165) is 16.0 Å². The first-order valence-corrected chi connectivity index (χ1v) is 10.7. The van der Waals surface area contributed by atoms with E-state index in [2.05, 4.69) is 0 Å². The molecule has 5 nitrogen and oxygen atoms in total. The van der Waals surface area contributed by atoms with Gasteiger partial charge < -0.3 is 4.90 Å². The summed E-state index contributed by atoms with van der Waals surface area (Å²) in [5, 5.41) is 2.34. The first-order chi connectivity index (χ1) is 14.4. The summed E-state index contributed by atoms with van der Waals surface area (Å²) in [7, 11) is 0. The van der Waals surface area contributed by atoms with Gasteiger partial charge in [0.1, 0.15) is 6.04 Å². The molecule has 7 heteroatoms. The summed E-state index contributed by atoms with van der Waals surface area (Å²) in [6.07, 6.45) is -0.0512. The molecule has 0 aliphatic carbocycles. The number of benzene rings is 2. The van der Waals surface area contributed by atoms with Gasteiger partial charge in [0.25, 0.3) is 11.8 Å². The molecule has 1 fully saturated rings. The van der Waals surface area contributed by atoms with E-state index in [1.165, 1.54) is 16.2 Å². The van der Waals surface area contributed by atoms with E-state index >= 15 is 0 Å². The second-order valence-electron chi connectivity index (χ2n) is 7.16. The maximum Gasteiger partial charge on any atom is 0.264 e. The highest BCUT2D eigenvalue weighted by Gasteiger charge is 2.44. The zero-order chi connectivity index (χ0) is 21.3. The highest BCUT2D eigenvalue weighted by atomic mass is 35.5. The summed E-state index contributed by atoms with van der Waals surface area (Å²) in [4.78, 5) is 42.4. The van der Waals surface area contributed by atoms with Crippen molar-refractivity contribution in [2.75, 3.05) is 4.90 Å². The van der Waals surface area contributed by atoms with E-state index in [1.807, 2.05) is 36.6 Å². The number of anilines is 1. The third-order valence-electron chi connectivity index (χ3n) is 5.05. The van der Waals surface area contributed by atoms with Crippen molar-refractivity contribution in [1.29, 1.82) is 0 Å². The lowest BCUT2D eigenvalue weighted by molar-refractivity contribution is -0.122. The summed E-state index contributed by atoms with van der Waals surface area (Å²) in [6.45, 7) is 2.23. The third kappa shape index (κ3) is 4.01. The molecule has 0 N–H and O–H groups in total. The Hall–Kier alpha value is -2.96. The quantitative estimate of drug-likeness (QED) is 0.543. The topological polar surface area (TPSA) is 57.7 Å². The fourth-order valence-corrected chi connectivity index (χ4v) is 4.28. The van der Waals surface area contributed by atoms with Crippen molar-refractivity contribution < 1.29 is 14.4 Å². The van der Waals surface area contributed by atoms with Crippen LogP contribution in [0, 0.1) is 6.92 Å². The molecule has 0 spiro atoms. The van der Waals surface area contributed by atoms with Crippen LogP contribution < -0.4 is 4.90 Å². The van der Waals surface area contributed by atoms with Crippen molar-refractivity contribution in [2.45, 2.75) is 25.9 Å². The predicted molar refractivity (Wildman–Crippen MR) is 118 cm³/mol. The lowest BCUT2D eigenvalue weighted by Gasteiger charge is -2.27. The summed E-state index contributed by atoms with van der Waals surface area (Å²) in [5.74, 6) is -0.991. The molecule has 4 rings (SSSR count). The average Bonchev–Trinajstić information content (AvgIpc) is 3.37. The van der Waals surface area contributed by atoms with Crippen LogP contribution in [0.3, 0.4) is 0 Å². The molecule has 2 aromatic carbocycles. The van der Waals surface area contributed by atoms with Gasteiger partial charge in [0.15, 0.2) is 0 Å². The first kappa shape index (κ1) is 20.3. The molecule has 30 heavy (non-hydrogen) atoms. The largest absolute Gasteiger partial charge is 0.321 e. The van der Waals surface area contributed by atoms with Crippen LogP contribution in [0.5, 0.6) is 0 Å². The number of imide groups is 1. The van der Waals surface area contributed by atoms with Crippen molar-refractivity contribution in [2.24, 2.45) is 0 Å². The zero-order valence-corrected chi connectivity index (χ0v) is 17.8. The molecule has 152 valence electrons. The van der Waals surface area contributed by atoms with Crippen LogP contribution in [-0.2, 0) is 16.1 Å². The van der Waals surface area contributed by atoms with Crippen LogP contribution in [0.1, 0.15) is 27.2 Å². The van der Waals surface area contributed by atoms with Gasteiger partial charge in [-0.15, -0.1) is 11.3 Å². The van der Waals surface area contributed by atoms with Crippen molar-refractivity contribution in [3.05, 3.63) is 87.1 Å². The van der Waals surface area contributed by atoms with Gasteiger partial charge in [-0.05, 0) is 48.2 Å². The molecule has 1 aliphatic heterocycles. The van der Waals surface area contributed by atoms with E-state index in [1.54, 1.807) is 36.4 Å². The summed E-state index contributed by atoms with van der Waals surface area (Å²) in [6, 6.07) is 17.0. The van der Waals surface area contributed by atoms with Gasteiger partial charge in [-0.2, -0.15) is 0 Å². The van der Waals surface area contributed by atoms with E-state index in [0.29, 0.717) is 15.6 Å². The minimum Gasteiger partial charge on any atom is -0.321 e. The average molecular weight is 439 g/mol. The molecule has 1 aromatic heterocycles. The minimum absolute atomic E-state index is 0.0512. The fourth-order valence-electron chi connectivity index (χ4n) is 3.48. The molecular formula is C23H19ClN2O3S. The van der Waals surface area contributed by atoms with Gasteiger partial charge in [0.2, 0.25) is 5.91 Å². The first-order valence-electron chi connectivity index (χ1n) is 9.46. The van der Waals surface area contributed by atoms with E-state index in [4.69, 9.17) is 11.6 Å². The van der Waals surface area contributed by atoms with Gasteiger partial charge in [-0.25, -0.2) is 4.90 Å². The number of rotatable bonds is 5. The van der Waals surface area contributed by atoms with Gasteiger partial charge in [0, 0.05) is 11.6 Å². The number of thiophene rings is 1. The van der Waals surface area contributed by atoms with E-state index in [9.17, 15) is 14.4 Å². The highest BCUT2D eigenvalue weighted by molar-refractivity contribution is 7.12. The number of amides is 3. The minimum atomic E-state index is -0.857. The predicted octanol–water partition coefficient (Wildman–Crippen LogP) is 4.68. The monoisotopic (exact) mass is 438 g/mol. The Morgan fingerprint density at radius 1 is 1.10 bits per heavy atom. The SMILES string of the molecule is Cc1ccc(CN(C(=O)c2cccs2)C2CC(=O)N(c3ccc(Cl)cc3)C2=O)cc1. The van der Waals surface area contributed by atoms with Crippen molar-refractivity contribution >= 4 is 46.3 Å². The highest BCUT2D eigenvalue weighted by Crippen LogP contribution is 2.29. The normalized spacial score (nSPS) is 16.2. The van der Waals surface area contributed by atoms with Crippen LogP contribution in [0.25, 0.3) is 0 Å². The van der Waals surface area contributed by atoms with Gasteiger partial charge in [-0.1, -0.05) is 47.5 Å². The standard InChI is InChI=1S/C23H19ClN2O3S/c1-15-4-6-16(7-5-15)14-25(23(29)20-3-2-12-30-20)19-13-21(27)26(22(19)28)18-10-8-17(24)9-11-18/h2-12,19H,13-14H2,1H3. The molecule has 1 atom stereocenters. The molecule has 0 radical (unpaired) electrons. The molecule has 0 saturated carbocycles. The number of nitrogens with zero attached hydrogens (tertiary/aromatic N) is 2. The molecular weight excluding hydrogens is 420 g/mol. The van der Waals surface area contributed by atoms with Gasteiger partial charge in [0.05, 0.1) is 17.0 Å². The summed E-state index contributed by atoms with van der Waals surface area (Å²) < 4.78 is 0. The number of hydrogen-bond donors (Lipinski definition) is 0. The Bertz CT molecular complexity index is 1080. The molecule has 3 amide bonds. The Labute approximate surface area is 183 Å². The maximum atomic E-state index is 13.2. The second-order valence-corrected chi connectivity index (χ2v) is 8.54. The van der Waals surface area contributed by atoms with Crippen LogP contribution in [0.15, 0.2) is 66.0 Å². The van der Waals surface area contributed by atoms with Crippen molar-refractivity contribution in [1.82, 2.24) is 4.90 Å². The van der Waals surface area contributed by atoms with Crippen LogP contribution in [0.4, 0.5) is 5.69 Å². The van der Waals surface area contributed by atoms with Crippen LogP contribution in [-0.4, -0.2) is 28.7 Å². The molecule has 1 saturated heterocycles. The zero-order valence-electron chi connectivity index (χ0n) is 16.2. The van der Waals surface area contributed by atoms with Gasteiger partial charge in [-0.3, -0.25) is 14.4 Å². The molecule has 1 unspecified atom stereocenters. The Balaban J connectivity index is 1.66. The smallest absolute Gasteiger partial charge is 0.264 e. The Morgan fingerprint density at radius 2 is 1.80 bits per heavy atom. The Morgan fingerprint density at radius 3 is 2.43 bits per heavy atom. The van der Waals surface area contributed by atoms with Gasteiger partial charge >= 0.3 is 0 Å². The molecule has 0 bridgehead atoms. The summed E-state index contributed by atoms with van der Waals surface area (Å²) in [5.41, 5.74) is 2.46. The molecule has 2 heterocycles. The second kappa shape index (κ2) is 8.42. The third-order valence-corrected chi connectivity index (χ3v) is 6.16. The lowest BCUT2D eigenvalue weighted by Crippen LogP contribution is -2.44. The number of aryl methyl sites for hydroxylation is 1. The van der Waals surface area contributed by atoms with E-state index in [-0.39, 0.29) is 24.8 Å². The number of hydrogen-bond acceptors (Lipinski definition) is 4. The fraction of sp³-hybridized carbons (Fsp3) is 0.174. The molecule has 3 aromatic rings. The molecule has 1 aliphatic rings. The maximum absolute atomic E-state index is 13.2. The Kier molecular flexibility index (Phi) is 5.70.